The summed E-state index contributed by atoms with van der Waals surface area (Å²) in [7, 11) is -1.72. The molecule has 0 radical (unpaired) electrons. The predicted molar refractivity (Wildman–Crippen MR) is 100 cm³/mol. The van der Waals surface area contributed by atoms with Crippen LogP contribution >= 0.6 is 11.6 Å². The Kier molecular flexibility index (Phi) is 6.22. The Hall–Kier alpha value is -0.860. The molecule has 0 bridgehead atoms. The van der Waals surface area contributed by atoms with Gasteiger partial charge in [0.15, 0.2) is 0 Å². The summed E-state index contributed by atoms with van der Waals surface area (Å²) in [6, 6.07) is 7.70. The number of benzene rings is 1. The second-order valence-corrected chi connectivity index (χ2v) is 9.06. The lowest BCUT2D eigenvalue weighted by Crippen LogP contribution is -2.55. The fourth-order valence-corrected chi connectivity index (χ4v) is 5.52. The highest BCUT2D eigenvalue weighted by atomic mass is 35.5. The van der Waals surface area contributed by atoms with Crippen LogP contribution in [0.15, 0.2) is 24.3 Å². The average molecular weight is 388 g/mol. The number of methoxy groups -OCH3 is 1. The lowest BCUT2D eigenvalue weighted by atomic mass is 10.0. The minimum atomic E-state index is -3.39. The Balaban J connectivity index is 1.61. The topological polar surface area (TPSA) is 53.1 Å². The van der Waals surface area contributed by atoms with Crippen molar-refractivity contribution < 1.29 is 13.2 Å². The number of piperazine rings is 1. The number of ether oxygens (including phenoxy) is 1. The molecule has 2 aliphatic rings. The van der Waals surface area contributed by atoms with Crippen molar-refractivity contribution in [2.75, 3.05) is 57.9 Å². The molecule has 140 valence electrons. The fourth-order valence-electron chi connectivity index (χ4n) is 3.62. The number of anilines is 1. The van der Waals surface area contributed by atoms with E-state index < -0.39 is 10.2 Å². The van der Waals surface area contributed by atoms with Gasteiger partial charge in [0.2, 0.25) is 0 Å². The molecular formula is C17H26ClN3O3S. The second-order valence-electron chi connectivity index (χ2n) is 6.70. The van der Waals surface area contributed by atoms with E-state index in [1.54, 1.807) is 15.7 Å². The molecule has 2 aliphatic heterocycles. The van der Waals surface area contributed by atoms with Crippen molar-refractivity contribution in [2.24, 2.45) is 5.92 Å². The van der Waals surface area contributed by atoms with Gasteiger partial charge in [0.1, 0.15) is 0 Å². The van der Waals surface area contributed by atoms with Gasteiger partial charge < -0.3 is 9.64 Å². The molecule has 8 heteroatoms. The minimum absolute atomic E-state index is 0.293. The number of hydrogen-bond acceptors (Lipinski definition) is 4. The van der Waals surface area contributed by atoms with Crippen molar-refractivity contribution in [3.8, 4) is 0 Å². The highest BCUT2D eigenvalue weighted by Gasteiger charge is 2.35. The molecule has 0 aromatic heterocycles. The molecule has 2 fully saturated rings. The molecule has 1 atom stereocenters. The van der Waals surface area contributed by atoms with Crippen LogP contribution in [0.2, 0.25) is 5.02 Å². The Bertz CT molecular complexity index is 675. The maximum Gasteiger partial charge on any atom is 0.282 e. The van der Waals surface area contributed by atoms with E-state index in [-0.39, 0.29) is 0 Å². The maximum absolute atomic E-state index is 13.0. The molecule has 25 heavy (non-hydrogen) atoms. The van der Waals surface area contributed by atoms with Crippen LogP contribution in [0, 0.1) is 5.92 Å². The van der Waals surface area contributed by atoms with Crippen molar-refractivity contribution in [1.82, 2.24) is 8.61 Å². The van der Waals surface area contributed by atoms with Gasteiger partial charge in [0, 0.05) is 57.1 Å². The van der Waals surface area contributed by atoms with E-state index in [9.17, 15) is 8.42 Å². The first kappa shape index (κ1) is 18.9. The molecule has 0 saturated carbocycles. The zero-order chi connectivity index (χ0) is 17.9. The molecule has 0 amide bonds. The minimum Gasteiger partial charge on any atom is -0.384 e. The summed E-state index contributed by atoms with van der Waals surface area (Å²) in [5.74, 6) is 0.293. The molecule has 2 saturated heterocycles. The lowest BCUT2D eigenvalue weighted by Gasteiger charge is -2.39. The molecule has 2 heterocycles. The quantitative estimate of drug-likeness (QED) is 0.776. The monoisotopic (exact) mass is 387 g/mol. The molecule has 1 unspecified atom stereocenters. The third kappa shape index (κ3) is 4.46. The smallest absolute Gasteiger partial charge is 0.282 e. The number of halogens is 1. The molecule has 1 aromatic rings. The molecule has 0 aliphatic carbocycles. The average Bonchev–Trinajstić information content (AvgIpc) is 2.62. The van der Waals surface area contributed by atoms with Gasteiger partial charge in [0.25, 0.3) is 10.2 Å². The third-order valence-corrected chi connectivity index (χ3v) is 7.19. The van der Waals surface area contributed by atoms with Crippen LogP contribution in [0.25, 0.3) is 0 Å². The maximum atomic E-state index is 13.0. The van der Waals surface area contributed by atoms with Crippen LogP contribution < -0.4 is 4.90 Å². The van der Waals surface area contributed by atoms with Gasteiger partial charge in [-0.3, -0.25) is 0 Å². The Morgan fingerprint density at radius 3 is 2.60 bits per heavy atom. The van der Waals surface area contributed by atoms with Gasteiger partial charge in [-0.25, -0.2) is 0 Å². The number of hydrogen-bond donors (Lipinski definition) is 0. The molecule has 1 aromatic carbocycles. The SMILES string of the molecule is COCC1CCCN(S(=O)(=O)N2CCN(c3cccc(Cl)c3)CC2)C1. The predicted octanol–water partition coefficient (Wildman–Crippen LogP) is 2.07. The number of piperidine rings is 1. The Morgan fingerprint density at radius 2 is 1.92 bits per heavy atom. The second kappa shape index (κ2) is 8.22. The van der Waals surface area contributed by atoms with Crippen molar-refractivity contribution in [3.05, 3.63) is 29.3 Å². The summed E-state index contributed by atoms with van der Waals surface area (Å²) in [5, 5.41) is 0.699. The van der Waals surface area contributed by atoms with Gasteiger partial charge >= 0.3 is 0 Å². The first-order valence-electron chi connectivity index (χ1n) is 8.75. The van der Waals surface area contributed by atoms with E-state index in [2.05, 4.69) is 4.90 Å². The Labute approximate surface area is 155 Å². The summed E-state index contributed by atoms with van der Waals surface area (Å²) in [6.45, 7) is 4.14. The van der Waals surface area contributed by atoms with Crippen molar-refractivity contribution in [1.29, 1.82) is 0 Å². The van der Waals surface area contributed by atoms with E-state index in [0.29, 0.717) is 56.8 Å². The zero-order valence-electron chi connectivity index (χ0n) is 14.6. The van der Waals surface area contributed by atoms with Gasteiger partial charge in [-0.1, -0.05) is 17.7 Å². The van der Waals surface area contributed by atoms with Gasteiger partial charge in [-0.15, -0.1) is 0 Å². The lowest BCUT2D eigenvalue weighted by molar-refractivity contribution is 0.116. The van der Waals surface area contributed by atoms with Gasteiger partial charge in [0.05, 0.1) is 6.61 Å². The summed E-state index contributed by atoms with van der Waals surface area (Å²) >= 11 is 6.06. The summed E-state index contributed by atoms with van der Waals surface area (Å²) in [4.78, 5) is 2.18. The summed E-state index contributed by atoms with van der Waals surface area (Å²) in [5.41, 5.74) is 1.04. The molecule has 6 nitrogen and oxygen atoms in total. The standard InChI is InChI=1S/C17H26ClN3O3S/c1-24-14-15-4-3-7-21(13-15)25(22,23)20-10-8-19(9-11-20)17-6-2-5-16(18)12-17/h2,5-6,12,15H,3-4,7-11,13-14H2,1H3. The third-order valence-electron chi connectivity index (χ3n) is 4.95. The van der Waals surface area contributed by atoms with Crippen LogP contribution in [0.4, 0.5) is 5.69 Å². The molecule has 3 rings (SSSR count). The molecular weight excluding hydrogens is 362 g/mol. The van der Waals surface area contributed by atoms with E-state index in [4.69, 9.17) is 16.3 Å². The first-order valence-corrected chi connectivity index (χ1v) is 10.5. The van der Waals surface area contributed by atoms with Crippen LogP contribution in [0.5, 0.6) is 0 Å². The van der Waals surface area contributed by atoms with Crippen molar-refractivity contribution in [2.45, 2.75) is 12.8 Å². The van der Waals surface area contributed by atoms with Crippen LogP contribution in [-0.2, 0) is 14.9 Å². The molecule has 0 N–H and O–H groups in total. The van der Waals surface area contributed by atoms with Crippen LogP contribution in [-0.4, -0.2) is 70.0 Å². The van der Waals surface area contributed by atoms with E-state index >= 15 is 0 Å². The highest BCUT2D eigenvalue weighted by molar-refractivity contribution is 7.86. The van der Waals surface area contributed by atoms with E-state index in [1.807, 2.05) is 24.3 Å². The Morgan fingerprint density at radius 1 is 1.16 bits per heavy atom. The van der Waals surface area contributed by atoms with E-state index in [0.717, 1.165) is 18.5 Å². The van der Waals surface area contributed by atoms with Gasteiger partial charge in [-0.2, -0.15) is 17.0 Å². The highest BCUT2D eigenvalue weighted by Crippen LogP contribution is 2.24. The first-order chi connectivity index (χ1) is 12.0. The summed E-state index contributed by atoms with van der Waals surface area (Å²) in [6.07, 6.45) is 1.93. The van der Waals surface area contributed by atoms with E-state index in [1.165, 1.54) is 0 Å². The van der Waals surface area contributed by atoms with Gasteiger partial charge in [-0.05, 0) is 37.0 Å². The van der Waals surface area contributed by atoms with Crippen molar-refractivity contribution in [3.63, 3.8) is 0 Å². The van der Waals surface area contributed by atoms with Crippen LogP contribution in [0.1, 0.15) is 12.8 Å². The van der Waals surface area contributed by atoms with Crippen LogP contribution in [0.3, 0.4) is 0 Å². The van der Waals surface area contributed by atoms with Crippen molar-refractivity contribution >= 4 is 27.5 Å². The largest absolute Gasteiger partial charge is 0.384 e. The summed E-state index contributed by atoms with van der Waals surface area (Å²) < 4.78 is 34.4. The normalized spacial score (nSPS) is 23.8. The number of rotatable bonds is 5. The molecule has 0 spiro atoms. The fraction of sp³-hybridized carbons (Fsp3) is 0.647. The number of nitrogens with zero attached hydrogens (tertiary/aromatic N) is 3. The zero-order valence-corrected chi connectivity index (χ0v) is 16.2.